The molecule has 0 aromatic carbocycles. The number of ether oxygens (including phenoxy) is 1. The highest BCUT2D eigenvalue weighted by atomic mass is 32.1. The first kappa shape index (κ1) is 14.9. The third kappa shape index (κ3) is 3.77. The van der Waals surface area contributed by atoms with E-state index in [0.717, 1.165) is 24.2 Å². The lowest BCUT2D eigenvalue weighted by atomic mass is 9.93. The second-order valence-electron chi connectivity index (χ2n) is 4.74. The number of esters is 1. The fraction of sp³-hybridized carbons (Fsp3) is 0.615. The van der Waals surface area contributed by atoms with E-state index >= 15 is 0 Å². The Bertz CT molecular complexity index is 480. The molecule has 6 nitrogen and oxygen atoms in total. The fourth-order valence-electron chi connectivity index (χ4n) is 2.14. The van der Waals surface area contributed by atoms with Gasteiger partial charge >= 0.3 is 5.97 Å². The van der Waals surface area contributed by atoms with Gasteiger partial charge in [-0.15, -0.1) is 11.3 Å². The van der Waals surface area contributed by atoms with Crippen LogP contribution in [0.4, 0.5) is 0 Å². The van der Waals surface area contributed by atoms with Gasteiger partial charge < -0.3 is 15.2 Å². The van der Waals surface area contributed by atoms with Crippen LogP contribution in [0.5, 0.6) is 0 Å². The second kappa shape index (κ2) is 6.81. The summed E-state index contributed by atoms with van der Waals surface area (Å²) >= 11 is 1.10. The number of nitrogens with zero attached hydrogens (tertiary/aromatic N) is 1. The molecule has 2 rings (SSSR count). The zero-order valence-corrected chi connectivity index (χ0v) is 12.1. The normalized spacial score (nSPS) is 22.3. The summed E-state index contributed by atoms with van der Waals surface area (Å²) in [6.07, 6.45) is 2.69. The first-order chi connectivity index (χ1) is 9.60. The van der Waals surface area contributed by atoms with E-state index in [9.17, 15) is 14.7 Å². The van der Waals surface area contributed by atoms with E-state index in [2.05, 4.69) is 10.3 Å². The molecule has 20 heavy (non-hydrogen) atoms. The molecule has 0 radical (unpaired) electrons. The molecule has 7 heteroatoms. The maximum absolute atomic E-state index is 12.0. The Labute approximate surface area is 121 Å². The number of aromatic nitrogens is 1. The van der Waals surface area contributed by atoms with E-state index in [-0.39, 0.29) is 35.4 Å². The number of aliphatic hydroxyl groups is 1. The Morgan fingerprint density at radius 3 is 2.80 bits per heavy atom. The van der Waals surface area contributed by atoms with Crippen molar-refractivity contribution in [2.24, 2.45) is 0 Å². The number of hydrogen-bond acceptors (Lipinski definition) is 6. The summed E-state index contributed by atoms with van der Waals surface area (Å²) in [6.45, 7) is 2.00. The molecule has 1 amide bonds. The Morgan fingerprint density at radius 1 is 1.45 bits per heavy atom. The van der Waals surface area contributed by atoms with Crippen molar-refractivity contribution in [3.8, 4) is 0 Å². The van der Waals surface area contributed by atoms with Crippen LogP contribution in [0.1, 0.15) is 52.9 Å². The largest absolute Gasteiger partial charge is 0.461 e. The summed E-state index contributed by atoms with van der Waals surface area (Å²) in [7, 11) is 0. The van der Waals surface area contributed by atoms with Crippen molar-refractivity contribution >= 4 is 23.2 Å². The Kier molecular flexibility index (Phi) is 5.08. The lowest BCUT2D eigenvalue weighted by Gasteiger charge is -2.25. The molecule has 110 valence electrons. The van der Waals surface area contributed by atoms with Gasteiger partial charge in [0.25, 0.3) is 5.91 Å². The van der Waals surface area contributed by atoms with Gasteiger partial charge in [0.05, 0.1) is 12.7 Å². The second-order valence-corrected chi connectivity index (χ2v) is 5.60. The minimum atomic E-state index is -0.502. The van der Waals surface area contributed by atoms with Crippen molar-refractivity contribution in [3.05, 3.63) is 16.1 Å². The van der Waals surface area contributed by atoms with Crippen LogP contribution in [0.2, 0.25) is 0 Å². The smallest absolute Gasteiger partial charge is 0.367 e. The van der Waals surface area contributed by atoms with Crippen LogP contribution in [-0.4, -0.2) is 40.7 Å². The van der Waals surface area contributed by atoms with Gasteiger partial charge in [-0.25, -0.2) is 9.78 Å². The van der Waals surface area contributed by atoms with Crippen molar-refractivity contribution in [1.82, 2.24) is 10.3 Å². The summed E-state index contributed by atoms with van der Waals surface area (Å²) in [5.41, 5.74) is 0.240. The number of rotatable bonds is 4. The summed E-state index contributed by atoms with van der Waals surface area (Å²) in [4.78, 5) is 27.5. The van der Waals surface area contributed by atoms with Gasteiger partial charge in [0.15, 0.2) is 0 Å². The Balaban J connectivity index is 1.91. The molecule has 1 fully saturated rings. The summed E-state index contributed by atoms with van der Waals surface area (Å²) in [6, 6.07) is 0.0682. The number of thiazole rings is 1. The maximum Gasteiger partial charge on any atom is 0.367 e. The zero-order chi connectivity index (χ0) is 14.5. The predicted octanol–water partition coefficient (Wildman–Crippen LogP) is 1.35. The molecule has 0 spiro atoms. The summed E-state index contributed by atoms with van der Waals surface area (Å²) in [5, 5.41) is 14.0. The number of amides is 1. The van der Waals surface area contributed by atoms with Crippen molar-refractivity contribution in [2.75, 3.05) is 6.61 Å². The molecule has 2 N–H and O–H groups in total. The van der Waals surface area contributed by atoms with E-state index in [1.165, 1.54) is 0 Å². The van der Waals surface area contributed by atoms with Crippen molar-refractivity contribution in [2.45, 2.75) is 44.8 Å². The van der Waals surface area contributed by atoms with Gasteiger partial charge in [-0.1, -0.05) is 0 Å². The Morgan fingerprint density at radius 2 is 2.15 bits per heavy atom. The number of nitrogens with one attached hydrogen (secondary N) is 1. The molecule has 1 saturated carbocycles. The van der Waals surface area contributed by atoms with Gasteiger partial charge in [-0.3, -0.25) is 4.79 Å². The minimum absolute atomic E-state index is 0.0682. The molecule has 1 heterocycles. The Hall–Kier alpha value is -1.47. The number of hydrogen-bond donors (Lipinski definition) is 2. The van der Waals surface area contributed by atoms with E-state index in [1.54, 1.807) is 12.3 Å². The van der Waals surface area contributed by atoms with Crippen LogP contribution in [0, 0.1) is 0 Å². The highest BCUT2D eigenvalue weighted by Gasteiger charge is 2.23. The van der Waals surface area contributed by atoms with Gasteiger partial charge in [0, 0.05) is 11.4 Å². The molecule has 0 atom stereocenters. The van der Waals surface area contributed by atoms with Crippen LogP contribution in [-0.2, 0) is 4.74 Å². The minimum Gasteiger partial charge on any atom is -0.461 e. The van der Waals surface area contributed by atoms with Crippen molar-refractivity contribution < 1.29 is 19.4 Å². The fourth-order valence-corrected chi connectivity index (χ4v) is 2.83. The topological polar surface area (TPSA) is 88.5 Å². The number of carbonyl (C=O) groups excluding carboxylic acids is 2. The summed E-state index contributed by atoms with van der Waals surface area (Å²) in [5.74, 6) is -0.782. The SMILES string of the molecule is CCOC(=O)c1nc(C(=O)NC2CCC(O)CC2)cs1. The van der Waals surface area contributed by atoms with Gasteiger partial charge in [0.1, 0.15) is 5.69 Å². The van der Waals surface area contributed by atoms with Crippen LogP contribution in [0.3, 0.4) is 0 Å². The maximum atomic E-state index is 12.0. The molecule has 0 aliphatic heterocycles. The molecular weight excluding hydrogens is 280 g/mol. The quantitative estimate of drug-likeness (QED) is 0.819. The highest BCUT2D eigenvalue weighted by molar-refractivity contribution is 7.11. The van der Waals surface area contributed by atoms with Crippen molar-refractivity contribution in [1.29, 1.82) is 0 Å². The number of aliphatic hydroxyl groups excluding tert-OH is 1. The van der Waals surface area contributed by atoms with E-state index < -0.39 is 5.97 Å². The van der Waals surface area contributed by atoms with Gasteiger partial charge in [0.2, 0.25) is 5.01 Å². The first-order valence-corrected chi connectivity index (χ1v) is 7.59. The summed E-state index contributed by atoms with van der Waals surface area (Å²) < 4.78 is 4.83. The molecule has 1 aliphatic rings. The van der Waals surface area contributed by atoms with Crippen LogP contribution < -0.4 is 5.32 Å². The monoisotopic (exact) mass is 298 g/mol. The standard InChI is InChI=1S/C13H18N2O4S/c1-2-19-13(18)12-15-10(7-20-12)11(17)14-8-3-5-9(16)6-4-8/h7-9,16H,2-6H2,1H3,(H,14,17). The highest BCUT2D eigenvalue weighted by Crippen LogP contribution is 2.19. The van der Waals surface area contributed by atoms with E-state index in [4.69, 9.17) is 4.74 Å². The lowest BCUT2D eigenvalue weighted by Crippen LogP contribution is -2.38. The average Bonchev–Trinajstić information content (AvgIpc) is 2.91. The molecule has 1 aromatic rings. The van der Waals surface area contributed by atoms with E-state index in [0.29, 0.717) is 12.8 Å². The molecule has 0 saturated heterocycles. The lowest BCUT2D eigenvalue weighted by molar-refractivity contribution is 0.0526. The average molecular weight is 298 g/mol. The van der Waals surface area contributed by atoms with Crippen molar-refractivity contribution in [3.63, 3.8) is 0 Å². The third-order valence-corrected chi connectivity index (χ3v) is 4.04. The number of carbonyl (C=O) groups is 2. The predicted molar refractivity (Wildman–Crippen MR) is 73.8 cm³/mol. The molecule has 1 aromatic heterocycles. The van der Waals surface area contributed by atoms with Gasteiger partial charge in [-0.2, -0.15) is 0 Å². The first-order valence-electron chi connectivity index (χ1n) is 6.71. The molecule has 1 aliphatic carbocycles. The van der Waals surface area contributed by atoms with Crippen LogP contribution >= 0.6 is 11.3 Å². The molecular formula is C13H18N2O4S. The zero-order valence-electron chi connectivity index (χ0n) is 11.3. The van der Waals surface area contributed by atoms with Crippen LogP contribution in [0.25, 0.3) is 0 Å². The van der Waals surface area contributed by atoms with E-state index in [1.807, 2.05) is 0 Å². The van der Waals surface area contributed by atoms with Crippen LogP contribution in [0.15, 0.2) is 5.38 Å². The third-order valence-electron chi connectivity index (χ3n) is 3.22. The van der Waals surface area contributed by atoms with Gasteiger partial charge in [-0.05, 0) is 32.6 Å². The molecule has 0 unspecified atom stereocenters. The molecule has 0 bridgehead atoms.